The molecule has 1 fully saturated rings. The average Bonchev–Trinajstić information content (AvgIpc) is 3.40. The summed E-state index contributed by atoms with van der Waals surface area (Å²) in [6.07, 6.45) is 4.80. The molecule has 0 radical (unpaired) electrons. The summed E-state index contributed by atoms with van der Waals surface area (Å²) in [4.78, 5) is 23.5. The van der Waals surface area contributed by atoms with Gasteiger partial charge in [-0.05, 0) is 60.9 Å². The van der Waals surface area contributed by atoms with Crippen molar-refractivity contribution in [1.82, 2.24) is 0 Å². The minimum atomic E-state index is -0.346. The standard InChI is InChI=1S/C19H17FN2O2/c20-15-3-1-2-13(12-15)4-11-18(23)21-16-7-9-17(10-8-16)22-19(24)14-5-6-14/h1-4,7-12,14H,5-6H2,(H,21,23)(H,22,24)/b11-4+. The molecule has 4 nitrogen and oxygen atoms in total. The molecule has 0 heterocycles. The van der Waals surface area contributed by atoms with Gasteiger partial charge in [0.15, 0.2) is 0 Å². The van der Waals surface area contributed by atoms with Crippen LogP contribution in [0.1, 0.15) is 18.4 Å². The van der Waals surface area contributed by atoms with E-state index in [1.165, 1.54) is 18.2 Å². The molecule has 0 saturated heterocycles. The smallest absolute Gasteiger partial charge is 0.248 e. The highest BCUT2D eigenvalue weighted by molar-refractivity contribution is 6.02. The second-order valence-corrected chi connectivity index (χ2v) is 5.72. The van der Waals surface area contributed by atoms with Crippen molar-refractivity contribution in [3.05, 3.63) is 66.0 Å². The second kappa shape index (κ2) is 7.08. The molecule has 0 spiro atoms. The third-order valence-corrected chi connectivity index (χ3v) is 3.64. The molecule has 1 aliphatic rings. The number of nitrogens with one attached hydrogen (secondary N) is 2. The van der Waals surface area contributed by atoms with E-state index in [1.54, 1.807) is 42.5 Å². The summed E-state index contributed by atoms with van der Waals surface area (Å²) in [6, 6.07) is 12.9. The Balaban J connectivity index is 1.55. The molecule has 2 N–H and O–H groups in total. The first-order valence-electron chi connectivity index (χ1n) is 7.76. The Bertz CT molecular complexity index is 780. The maximum atomic E-state index is 13.1. The molecule has 24 heavy (non-hydrogen) atoms. The Morgan fingerprint density at radius 3 is 2.29 bits per heavy atom. The van der Waals surface area contributed by atoms with E-state index < -0.39 is 0 Å². The van der Waals surface area contributed by atoms with Crippen molar-refractivity contribution < 1.29 is 14.0 Å². The summed E-state index contributed by atoms with van der Waals surface area (Å²) in [6.45, 7) is 0. The molecule has 2 aromatic rings. The van der Waals surface area contributed by atoms with Gasteiger partial charge in [0, 0.05) is 23.4 Å². The zero-order valence-electron chi connectivity index (χ0n) is 13.0. The zero-order valence-corrected chi connectivity index (χ0v) is 13.0. The first-order valence-corrected chi connectivity index (χ1v) is 7.76. The molecule has 0 bridgehead atoms. The van der Waals surface area contributed by atoms with Gasteiger partial charge in [0.1, 0.15) is 5.82 Å². The van der Waals surface area contributed by atoms with Crippen molar-refractivity contribution in [1.29, 1.82) is 0 Å². The predicted octanol–water partition coefficient (Wildman–Crippen LogP) is 3.83. The third kappa shape index (κ3) is 4.52. The molecule has 0 unspecified atom stereocenters. The van der Waals surface area contributed by atoms with Crippen molar-refractivity contribution in [2.24, 2.45) is 5.92 Å². The van der Waals surface area contributed by atoms with Crippen LogP contribution >= 0.6 is 0 Å². The van der Waals surface area contributed by atoms with Gasteiger partial charge in [-0.25, -0.2) is 4.39 Å². The van der Waals surface area contributed by atoms with Gasteiger partial charge in [0.2, 0.25) is 11.8 Å². The van der Waals surface area contributed by atoms with Crippen LogP contribution < -0.4 is 10.6 Å². The lowest BCUT2D eigenvalue weighted by Crippen LogP contribution is -2.13. The van der Waals surface area contributed by atoms with E-state index in [-0.39, 0.29) is 23.5 Å². The Hall–Kier alpha value is -2.95. The first kappa shape index (κ1) is 15.9. The van der Waals surface area contributed by atoms with E-state index in [1.807, 2.05) is 0 Å². The molecule has 0 aliphatic heterocycles. The molecule has 2 aromatic carbocycles. The van der Waals surface area contributed by atoms with E-state index in [9.17, 15) is 14.0 Å². The lowest BCUT2D eigenvalue weighted by Gasteiger charge is -2.06. The van der Waals surface area contributed by atoms with E-state index in [4.69, 9.17) is 0 Å². The van der Waals surface area contributed by atoms with Gasteiger partial charge in [-0.2, -0.15) is 0 Å². The van der Waals surface area contributed by atoms with Crippen molar-refractivity contribution in [3.8, 4) is 0 Å². The number of carbonyl (C=O) groups excluding carboxylic acids is 2. The van der Waals surface area contributed by atoms with E-state index >= 15 is 0 Å². The van der Waals surface area contributed by atoms with Gasteiger partial charge < -0.3 is 10.6 Å². The predicted molar refractivity (Wildman–Crippen MR) is 91.9 cm³/mol. The first-order chi connectivity index (χ1) is 11.6. The molecule has 1 aliphatic carbocycles. The Morgan fingerprint density at radius 1 is 1.00 bits per heavy atom. The number of carbonyl (C=O) groups is 2. The van der Waals surface area contributed by atoms with Gasteiger partial charge in [-0.1, -0.05) is 12.1 Å². The summed E-state index contributed by atoms with van der Waals surface area (Å²) >= 11 is 0. The van der Waals surface area contributed by atoms with Gasteiger partial charge in [0.05, 0.1) is 0 Å². The fourth-order valence-electron chi connectivity index (χ4n) is 2.19. The maximum Gasteiger partial charge on any atom is 0.248 e. The van der Waals surface area contributed by atoms with Crippen LogP contribution in [-0.2, 0) is 9.59 Å². The van der Waals surface area contributed by atoms with E-state index in [0.29, 0.717) is 16.9 Å². The molecule has 0 atom stereocenters. The number of amides is 2. The summed E-state index contributed by atoms with van der Waals surface area (Å²) in [5.41, 5.74) is 1.94. The number of hydrogen-bond donors (Lipinski definition) is 2. The SMILES string of the molecule is O=C(/C=C/c1cccc(F)c1)Nc1ccc(NC(=O)C2CC2)cc1. The largest absolute Gasteiger partial charge is 0.326 e. The van der Waals surface area contributed by atoms with Crippen LogP contribution in [0.5, 0.6) is 0 Å². The number of anilines is 2. The monoisotopic (exact) mass is 324 g/mol. The molecule has 3 rings (SSSR count). The van der Waals surface area contributed by atoms with Gasteiger partial charge in [0.25, 0.3) is 0 Å². The molecular weight excluding hydrogens is 307 g/mol. The second-order valence-electron chi connectivity index (χ2n) is 5.72. The van der Waals surface area contributed by atoms with Crippen LogP contribution in [0.25, 0.3) is 6.08 Å². The Morgan fingerprint density at radius 2 is 1.67 bits per heavy atom. The zero-order chi connectivity index (χ0) is 16.9. The van der Waals surface area contributed by atoms with Crippen LogP contribution in [0, 0.1) is 11.7 Å². The quantitative estimate of drug-likeness (QED) is 0.821. The fraction of sp³-hybridized carbons (Fsp3) is 0.158. The maximum absolute atomic E-state index is 13.1. The number of benzene rings is 2. The minimum Gasteiger partial charge on any atom is -0.326 e. The van der Waals surface area contributed by atoms with Crippen LogP contribution in [0.2, 0.25) is 0 Å². The van der Waals surface area contributed by atoms with Gasteiger partial charge >= 0.3 is 0 Å². The van der Waals surface area contributed by atoms with Crippen LogP contribution in [-0.4, -0.2) is 11.8 Å². The molecule has 1 saturated carbocycles. The van der Waals surface area contributed by atoms with Gasteiger partial charge in [-0.3, -0.25) is 9.59 Å². The minimum absolute atomic E-state index is 0.0461. The molecule has 122 valence electrons. The highest BCUT2D eigenvalue weighted by Crippen LogP contribution is 2.30. The topological polar surface area (TPSA) is 58.2 Å². The van der Waals surface area contributed by atoms with E-state index in [0.717, 1.165) is 12.8 Å². The van der Waals surface area contributed by atoms with Crippen molar-refractivity contribution >= 4 is 29.3 Å². The normalized spacial score (nSPS) is 13.7. The molecular formula is C19H17FN2O2. The van der Waals surface area contributed by atoms with Crippen molar-refractivity contribution in [2.75, 3.05) is 10.6 Å². The van der Waals surface area contributed by atoms with Gasteiger partial charge in [-0.15, -0.1) is 0 Å². The Kier molecular flexibility index (Phi) is 4.70. The highest BCUT2D eigenvalue weighted by atomic mass is 19.1. The van der Waals surface area contributed by atoms with Crippen LogP contribution in [0.3, 0.4) is 0 Å². The summed E-state index contributed by atoms with van der Waals surface area (Å²) in [5, 5.41) is 5.55. The molecule has 5 heteroatoms. The number of hydrogen-bond acceptors (Lipinski definition) is 2. The van der Waals surface area contributed by atoms with Crippen LogP contribution in [0.15, 0.2) is 54.6 Å². The van der Waals surface area contributed by atoms with E-state index in [2.05, 4.69) is 10.6 Å². The fourth-order valence-corrected chi connectivity index (χ4v) is 2.19. The lowest BCUT2D eigenvalue weighted by atomic mass is 10.2. The molecule has 0 aromatic heterocycles. The summed E-state index contributed by atoms with van der Waals surface area (Å²) in [7, 11) is 0. The third-order valence-electron chi connectivity index (χ3n) is 3.64. The molecule has 2 amide bonds. The lowest BCUT2D eigenvalue weighted by molar-refractivity contribution is -0.117. The summed E-state index contributed by atoms with van der Waals surface area (Å²) in [5.74, 6) is -0.461. The highest BCUT2D eigenvalue weighted by Gasteiger charge is 2.29. The average molecular weight is 324 g/mol. The van der Waals surface area contributed by atoms with Crippen molar-refractivity contribution in [2.45, 2.75) is 12.8 Å². The Labute approximate surface area is 139 Å². The number of rotatable bonds is 5. The number of halogens is 1. The van der Waals surface area contributed by atoms with Crippen molar-refractivity contribution in [3.63, 3.8) is 0 Å². The summed E-state index contributed by atoms with van der Waals surface area (Å²) < 4.78 is 13.1. The van der Waals surface area contributed by atoms with Crippen LogP contribution in [0.4, 0.5) is 15.8 Å².